The average Bonchev–Trinajstić information content (AvgIpc) is 1.83. The lowest BCUT2D eigenvalue weighted by molar-refractivity contribution is -0.139. The van der Waals surface area contributed by atoms with Crippen molar-refractivity contribution < 1.29 is 9.90 Å². The number of carbonyl (C=O) groups is 1. The van der Waals surface area contributed by atoms with E-state index in [2.05, 4.69) is 5.32 Å². The average molecular weight is 156 g/mol. The molecule has 4 nitrogen and oxygen atoms in total. The van der Waals surface area contributed by atoms with Crippen molar-refractivity contribution in [1.29, 1.82) is 0 Å². The fourth-order valence-electron chi connectivity index (χ4n) is 1.93. The number of piperidine rings is 1. The molecule has 0 aromatic heterocycles. The van der Waals surface area contributed by atoms with Crippen molar-refractivity contribution in [2.24, 2.45) is 0 Å². The summed E-state index contributed by atoms with van der Waals surface area (Å²) in [6.45, 7) is 2.01. The van der Waals surface area contributed by atoms with E-state index in [1.165, 1.54) is 6.42 Å². The number of rotatable bonds is 2. The number of carboxylic acids is 1. The van der Waals surface area contributed by atoms with Crippen LogP contribution in [0.3, 0.4) is 0 Å². The van der Waals surface area contributed by atoms with Crippen molar-refractivity contribution in [3.63, 3.8) is 0 Å². The molecule has 62 valence electrons. The van der Waals surface area contributed by atoms with Gasteiger partial charge in [-0.1, -0.05) is 0 Å². The molecule has 2 bridgehead atoms. The molecule has 2 unspecified atom stereocenters. The third kappa shape index (κ3) is 1.36. The molecule has 11 heavy (non-hydrogen) atoms. The Bertz CT molecular complexity index is 167. The summed E-state index contributed by atoms with van der Waals surface area (Å²) in [7, 11) is 0. The van der Waals surface area contributed by atoms with Crippen LogP contribution in [-0.4, -0.2) is 47.7 Å². The summed E-state index contributed by atoms with van der Waals surface area (Å²) in [6.07, 6.45) is 1.23. The van der Waals surface area contributed by atoms with Crippen molar-refractivity contribution in [3.05, 3.63) is 0 Å². The molecule has 4 heteroatoms. The normalized spacial score (nSPS) is 36.4. The Hall–Kier alpha value is -0.610. The minimum atomic E-state index is -0.716. The molecule has 0 aromatic carbocycles. The molecular formula is C7H12N2O2. The highest BCUT2D eigenvalue weighted by atomic mass is 16.4. The SMILES string of the molecule is O=C(O)CN1CC2CC(C1)N2. The summed E-state index contributed by atoms with van der Waals surface area (Å²) in [5.41, 5.74) is 0. The molecule has 0 aromatic rings. The van der Waals surface area contributed by atoms with Gasteiger partial charge in [0, 0.05) is 25.2 Å². The molecule has 2 N–H and O–H groups in total. The largest absolute Gasteiger partial charge is 0.480 e. The maximum atomic E-state index is 10.3. The van der Waals surface area contributed by atoms with E-state index >= 15 is 0 Å². The predicted molar refractivity (Wildman–Crippen MR) is 39.4 cm³/mol. The van der Waals surface area contributed by atoms with Crippen LogP contribution < -0.4 is 5.32 Å². The quantitative estimate of drug-likeness (QED) is 0.545. The van der Waals surface area contributed by atoms with Gasteiger partial charge < -0.3 is 10.4 Å². The van der Waals surface area contributed by atoms with E-state index in [1.807, 2.05) is 4.90 Å². The van der Waals surface area contributed by atoms with Gasteiger partial charge in [-0.25, -0.2) is 0 Å². The zero-order valence-electron chi connectivity index (χ0n) is 6.29. The predicted octanol–water partition coefficient (Wildman–Crippen LogP) is -0.883. The van der Waals surface area contributed by atoms with Crippen molar-refractivity contribution in [3.8, 4) is 0 Å². The Labute approximate surface area is 65.2 Å². The van der Waals surface area contributed by atoms with Gasteiger partial charge in [-0.15, -0.1) is 0 Å². The van der Waals surface area contributed by atoms with E-state index in [0.29, 0.717) is 12.1 Å². The molecule has 2 atom stereocenters. The summed E-state index contributed by atoms with van der Waals surface area (Å²) < 4.78 is 0. The van der Waals surface area contributed by atoms with E-state index in [1.54, 1.807) is 0 Å². The second kappa shape index (κ2) is 2.46. The number of carboxylic acid groups (broad SMARTS) is 1. The lowest BCUT2D eigenvalue weighted by Gasteiger charge is -2.47. The topological polar surface area (TPSA) is 52.6 Å². The van der Waals surface area contributed by atoms with Crippen LogP contribution in [-0.2, 0) is 4.79 Å². The minimum Gasteiger partial charge on any atom is -0.480 e. The molecule has 3 aliphatic rings. The van der Waals surface area contributed by atoms with Gasteiger partial charge >= 0.3 is 5.97 Å². The van der Waals surface area contributed by atoms with Crippen molar-refractivity contribution >= 4 is 5.97 Å². The van der Waals surface area contributed by atoms with Crippen LogP contribution in [0.1, 0.15) is 6.42 Å². The first-order valence-corrected chi connectivity index (χ1v) is 3.94. The van der Waals surface area contributed by atoms with Gasteiger partial charge in [0.1, 0.15) is 0 Å². The second-order valence-electron chi connectivity index (χ2n) is 3.38. The van der Waals surface area contributed by atoms with Crippen molar-refractivity contribution in [1.82, 2.24) is 10.2 Å². The van der Waals surface area contributed by atoms with Gasteiger partial charge in [-0.05, 0) is 6.42 Å². The van der Waals surface area contributed by atoms with E-state index in [4.69, 9.17) is 5.11 Å². The van der Waals surface area contributed by atoms with Crippen LogP contribution in [0.5, 0.6) is 0 Å². The third-order valence-electron chi connectivity index (χ3n) is 2.36. The highest BCUT2D eigenvalue weighted by Gasteiger charge is 2.36. The van der Waals surface area contributed by atoms with Crippen LogP contribution in [0.2, 0.25) is 0 Å². The number of hydrogen-bond acceptors (Lipinski definition) is 3. The molecule has 3 fully saturated rings. The molecule has 3 rings (SSSR count). The van der Waals surface area contributed by atoms with Gasteiger partial charge in [0.05, 0.1) is 6.54 Å². The number of nitrogens with zero attached hydrogens (tertiary/aromatic N) is 1. The number of fused-ring (bicyclic) bond motifs is 2. The van der Waals surface area contributed by atoms with Crippen LogP contribution in [0.25, 0.3) is 0 Å². The second-order valence-corrected chi connectivity index (χ2v) is 3.38. The molecule has 0 radical (unpaired) electrons. The highest BCUT2D eigenvalue weighted by Crippen LogP contribution is 2.19. The maximum absolute atomic E-state index is 10.3. The lowest BCUT2D eigenvalue weighted by Crippen LogP contribution is -2.67. The number of aliphatic carboxylic acids is 1. The summed E-state index contributed by atoms with van der Waals surface area (Å²) >= 11 is 0. The van der Waals surface area contributed by atoms with E-state index in [0.717, 1.165) is 13.1 Å². The Kier molecular flexibility index (Phi) is 1.58. The monoisotopic (exact) mass is 156 g/mol. The van der Waals surface area contributed by atoms with Crippen LogP contribution in [0, 0.1) is 0 Å². The van der Waals surface area contributed by atoms with Gasteiger partial charge in [-0.3, -0.25) is 9.69 Å². The first-order valence-electron chi connectivity index (χ1n) is 3.94. The molecular weight excluding hydrogens is 144 g/mol. The third-order valence-corrected chi connectivity index (χ3v) is 2.36. The Morgan fingerprint density at radius 3 is 2.55 bits per heavy atom. The summed E-state index contributed by atoms with van der Waals surface area (Å²) in [4.78, 5) is 12.3. The molecule has 3 heterocycles. The van der Waals surface area contributed by atoms with Gasteiger partial charge in [0.15, 0.2) is 0 Å². The van der Waals surface area contributed by atoms with E-state index in [9.17, 15) is 4.79 Å². The molecule has 0 spiro atoms. The zero-order valence-corrected chi connectivity index (χ0v) is 6.29. The van der Waals surface area contributed by atoms with Gasteiger partial charge in [0.25, 0.3) is 0 Å². The first-order chi connectivity index (χ1) is 5.24. The first kappa shape index (κ1) is 7.06. The fourth-order valence-corrected chi connectivity index (χ4v) is 1.93. The van der Waals surface area contributed by atoms with Crippen LogP contribution in [0.15, 0.2) is 0 Å². The Balaban J connectivity index is 1.83. The molecule has 0 amide bonds. The fraction of sp³-hybridized carbons (Fsp3) is 0.857. The number of piperazine rings is 1. The van der Waals surface area contributed by atoms with Crippen LogP contribution >= 0.6 is 0 Å². The minimum absolute atomic E-state index is 0.203. The van der Waals surface area contributed by atoms with Crippen molar-refractivity contribution in [2.75, 3.05) is 19.6 Å². The Morgan fingerprint density at radius 2 is 2.09 bits per heavy atom. The van der Waals surface area contributed by atoms with Gasteiger partial charge in [-0.2, -0.15) is 0 Å². The smallest absolute Gasteiger partial charge is 0.317 e. The van der Waals surface area contributed by atoms with Crippen LogP contribution in [0.4, 0.5) is 0 Å². The summed E-state index contributed by atoms with van der Waals surface area (Å²) in [5, 5.41) is 11.9. The van der Waals surface area contributed by atoms with Crippen molar-refractivity contribution in [2.45, 2.75) is 18.5 Å². The summed E-state index contributed by atoms with van der Waals surface area (Å²) in [6, 6.07) is 1.13. The summed E-state index contributed by atoms with van der Waals surface area (Å²) in [5.74, 6) is -0.716. The number of nitrogens with one attached hydrogen (secondary N) is 1. The van der Waals surface area contributed by atoms with E-state index < -0.39 is 5.97 Å². The lowest BCUT2D eigenvalue weighted by atomic mass is 9.91. The molecule has 0 aliphatic carbocycles. The standard InChI is InChI=1S/C7H12N2O2/c10-7(11)4-9-2-5-1-6(3-9)8-5/h5-6,8H,1-4H2,(H,10,11). The molecule has 3 aliphatic heterocycles. The number of hydrogen-bond donors (Lipinski definition) is 2. The molecule has 3 saturated heterocycles. The Morgan fingerprint density at radius 1 is 1.55 bits per heavy atom. The zero-order chi connectivity index (χ0) is 7.84. The molecule has 0 saturated carbocycles. The maximum Gasteiger partial charge on any atom is 0.317 e. The van der Waals surface area contributed by atoms with Gasteiger partial charge in [0.2, 0.25) is 0 Å². The van der Waals surface area contributed by atoms with E-state index in [-0.39, 0.29) is 6.54 Å². The highest BCUT2D eigenvalue weighted by molar-refractivity contribution is 5.69.